The molecule has 0 saturated carbocycles. The lowest BCUT2D eigenvalue weighted by atomic mass is 9.69. The van der Waals surface area contributed by atoms with Crippen molar-refractivity contribution in [3.05, 3.63) is 108 Å². The topological polar surface area (TPSA) is 46.5 Å². The van der Waals surface area contributed by atoms with Crippen molar-refractivity contribution in [2.45, 2.75) is 18.6 Å². The molecule has 3 aromatic rings. The van der Waals surface area contributed by atoms with E-state index in [1.165, 1.54) is 6.92 Å². The van der Waals surface area contributed by atoms with Gasteiger partial charge < -0.3 is 9.84 Å². The molecular formula is C22H20O3. The van der Waals surface area contributed by atoms with Crippen LogP contribution in [-0.4, -0.2) is 17.4 Å². The zero-order valence-corrected chi connectivity index (χ0v) is 14.0. The minimum atomic E-state index is -1.36. The van der Waals surface area contributed by atoms with E-state index in [4.69, 9.17) is 4.74 Å². The molecule has 0 aliphatic heterocycles. The zero-order chi connectivity index (χ0) is 17.7. The van der Waals surface area contributed by atoms with Gasteiger partial charge in [0.05, 0.1) is 0 Å². The normalized spacial score (nSPS) is 12.4. The summed E-state index contributed by atoms with van der Waals surface area (Å²) < 4.78 is 5.30. The minimum absolute atomic E-state index is 0.528. The van der Waals surface area contributed by atoms with Crippen molar-refractivity contribution < 1.29 is 14.6 Å². The van der Waals surface area contributed by atoms with Crippen LogP contribution in [0.3, 0.4) is 0 Å². The number of carbonyl (C=O) groups excluding carboxylic acids is 1. The van der Waals surface area contributed by atoms with Gasteiger partial charge in [-0.25, -0.2) is 0 Å². The summed E-state index contributed by atoms with van der Waals surface area (Å²) in [6.07, 6.45) is -1.36. The largest absolute Gasteiger partial charge is 0.434 e. The van der Waals surface area contributed by atoms with Crippen LogP contribution in [0.15, 0.2) is 91.0 Å². The average molecular weight is 332 g/mol. The summed E-state index contributed by atoms with van der Waals surface area (Å²) in [7, 11) is 0. The van der Waals surface area contributed by atoms with Crippen molar-refractivity contribution >= 4 is 5.97 Å². The highest BCUT2D eigenvalue weighted by Crippen LogP contribution is 2.42. The van der Waals surface area contributed by atoms with Gasteiger partial charge in [-0.05, 0) is 16.7 Å². The number of hydrogen-bond donors (Lipinski definition) is 1. The number of carbonyl (C=O) groups is 1. The number of aliphatic hydroxyl groups is 1. The lowest BCUT2D eigenvalue weighted by Gasteiger charge is -2.38. The third-order valence-electron chi connectivity index (χ3n) is 4.34. The average Bonchev–Trinajstić information content (AvgIpc) is 2.64. The standard InChI is InChI=1S/C22H20O3/c1-17(23)25-21(24)22(18-11-5-2-6-12-18,19-13-7-3-8-14-19)20-15-9-4-10-16-20/h2-16,21,24H,1H3. The van der Waals surface area contributed by atoms with Crippen molar-refractivity contribution in [1.29, 1.82) is 0 Å². The Labute approximate surface area is 147 Å². The van der Waals surface area contributed by atoms with Gasteiger partial charge in [0.2, 0.25) is 6.29 Å². The third-order valence-corrected chi connectivity index (χ3v) is 4.34. The van der Waals surface area contributed by atoms with Crippen molar-refractivity contribution in [2.75, 3.05) is 0 Å². The second-order valence-electron chi connectivity index (χ2n) is 5.87. The maximum Gasteiger partial charge on any atom is 0.304 e. The van der Waals surface area contributed by atoms with Gasteiger partial charge in [0.1, 0.15) is 5.41 Å². The second-order valence-corrected chi connectivity index (χ2v) is 5.87. The van der Waals surface area contributed by atoms with Gasteiger partial charge >= 0.3 is 5.97 Å². The Kier molecular flexibility index (Phi) is 4.96. The van der Waals surface area contributed by atoms with Gasteiger partial charge in [0, 0.05) is 6.92 Å². The van der Waals surface area contributed by atoms with Crippen molar-refractivity contribution in [1.82, 2.24) is 0 Å². The van der Waals surface area contributed by atoms with Crippen LogP contribution >= 0.6 is 0 Å². The molecule has 0 aliphatic rings. The lowest BCUT2D eigenvalue weighted by Crippen LogP contribution is -2.44. The number of ether oxygens (including phenoxy) is 1. The molecule has 126 valence electrons. The van der Waals surface area contributed by atoms with Crippen molar-refractivity contribution in [3.8, 4) is 0 Å². The molecule has 0 aromatic heterocycles. The second kappa shape index (κ2) is 7.32. The number of aliphatic hydroxyl groups excluding tert-OH is 1. The summed E-state index contributed by atoms with van der Waals surface area (Å²) in [4.78, 5) is 11.6. The van der Waals surface area contributed by atoms with Gasteiger partial charge in [-0.2, -0.15) is 0 Å². The van der Waals surface area contributed by atoms with Crippen LogP contribution in [0.5, 0.6) is 0 Å². The van der Waals surface area contributed by atoms with E-state index in [0.29, 0.717) is 0 Å². The quantitative estimate of drug-likeness (QED) is 0.438. The van der Waals surface area contributed by atoms with Crippen LogP contribution < -0.4 is 0 Å². The van der Waals surface area contributed by atoms with E-state index in [-0.39, 0.29) is 0 Å². The SMILES string of the molecule is CC(=O)OC(O)C(c1ccccc1)(c1ccccc1)c1ccccc1. The van der Waals surface area contributed by atoms with E-state index < -0.39 is 17.7 Å². The van der Waals surface area contributed by atoms with Gasteiger partial charge in [0.15, 0.2) is 0 Å². The first-order valence-corrected chi connectivity index (χ1v) is 8.17. The lowest BCUT2D eigenvalue weighted by molar-refractivity contribution is -0.172. The Hall–Kier alpha value is -2.91. The van der Waals surface area contributed by atoms with E-state index in [2.05, 4.69) is 0 Å². The number of benzene rings is 3. The summed E-state index contributed by atoms with van der Waals surface area (Å²) in [6, 6.07) is 28.9. The van der Waals surface area contributed by atoms with E-state index in [1.54, 1.807) is 0 Å². The molecule has 3 nitrogen and oxygen atoms in total. The molecule has 3 heteroatoms. The molecular weight excluding hydrogens is 312 g/mol. The molecule has 0 radical (unpaired) electrons. The molecule has 3 aromatic carbocycles. The van der Waals surface area contributed by atoms with Crippen molar-refractivity contribution in [2.24, 2.45) is 0 Å². The van der Waals surface area contributed by atoms with Crippen LogP contribution in [0.2, 0.25) is 0 Å². The van der Waals surface area contributed by atoms with Gasteiger partial charge in [-0.3, -0.25) is 4.79 Å². The van der Waals surface area contributed by atoms with E-state index in [1.807, 2.05) is 91.0 Å². The van der Waals surface area contributed by atoms with Crippen LogP contribution in [0.1, 0.15) is 23.6 Å². The molecule has 0 fully saturated rings. The highest BCUT2D eigenvalue weighted by Gasteiger charge is 2.45. The Bertz CT molecular complexity index is 717. The first-order chi connectivity index (χ1) is 12.2. The predicted molar refractivity (Wildman–Crippen MR) is 97.0 cm³/mol. The molecule has 0 amide bonds. The Morgan fingerprint density at radius 1 is 0.760 bits per heavy atom. The Balaban J connectivity index is 2.33. The van der Waals surface area contributed by atoms with Crippen LogP contribution in [0.25, 0.3) is 0 Å². The summed E-state index contributed by atoms with van der Waals surface area (Å²) in [5.41, 5.74) is 1.53. The predicted octanol–water partition coefficient (Wildman–Crippen LogP) is 3.90. The third kappa shape index (κ3) is 3.19. The fraction of sp³-hybridized carbons (Fsp3) is 0.136. The molecule has 25 heavy (non-hydrogen) atoms. The first kappa shape index (κ1) is 16.9. The first-order valence-electron chi connectivity index (χ1n) is 8.17. The van der Waals surface area contributed by atoms with Crippen molar-refractivity contribution in [3.63, 3.8) is 0 Å². The summed E-state index contributed by atoms with van der Waals surface area (Å²) in [5.74, 6) is -0.528. The maximum absolute atomic E-state index is 11.6. The van der Waals surface area contributed by atoms with Crippen LogP contribution in [0, 0.1) is 0 Å². The fourth-order valence-electron chi connectivity index (χ4n) is 3.28. The molecule has 1 unspecified atom stereocenters. The highest BCUT2D eigenvalue weighted by atomic mass is 16.6. The van der Waals surface area contributed by atoms with E-state index in [9.17, 15) is 9.90 Å². The maximum atomic E-state index is 11.6. The minimum Gasteiger partial charge on any atom is -0.434 e. The Morgan fingerprint density at radius 3 is 1.36 bits per heavy atom. The fourth-order valence-corrected chi connectivity index (χ4v) is 3.28. The molecule has 0 bridgehead atoms. The van der Waals surface area contributed by atoms with Gasteiger partial charge in [-0.15, -0.1) is 0 Å². The zero-order valence-electron chi connectivity index (χ0n) is 14.0. The molecule has 0 heterocycles. The number of hydrogen-bond acceptors (Lipinski definition) is 3. The van der Waals surface area contributed by atoms with Gasteiger partial charge in [0.25, 0.3) is 0 Å². The van der Waals surface area contributed by atoms with Crippen LogP contribution in [0.4, 0.5) is 0 Å². The van der Waals surface area contributed by atoms with E-state index in [0.717, 1.165) is 16.7 Å². The highest BCUT2D eigenvalue weighted by molar-refractivity contribution is 5.67. The molecule has 0 saturated heterocycles. The smallest absolute Gasteiger partial charge is 0.304 e. The number of esters is 1. The summed E-state index contributed by atoms with van der Waals surface area (Å²) in [5, 5.41) is 11.0. The van der Waals surface area contributed by atoms with E-state index >= 15 is 0 Å². The van der Waals surface area contributed by atoms with Crippen LogP contribution in [-0.2, 0) is 14.9 Å². The molecule has 1 N–H and O–H groups in total. The molecule has 1 atom stereocenters. The summed E-state index contributed by atoms with van der Waals surface area (Å²) >= 11 is 0. The number of rotatable bonds is 5. The van der Waals surface area contributed by atoms with Gasteiger partial charge in [-0.1, -0.05) is 91.0 Å². The monoisotopic (exact) mass is 332 g/mol. The molecule has 0 aliphatic carbocycles. The molecule has 3 rings (SSSR count). The summed E-state index contributed by atoms with van der Waals surface area (Å²) in [6.45, 7) is 1.30. The Morgan fingerprint density at radius 2 is 1.08 bits per heavy atom. The molecule has 0 spiro atoms.